The lowest BCUT2D eigenvalue weighted by Gasteiger charge is -2.19. The summed E-state index contributed by atoms with van der Waals surface area (Å²) in [6.45, 7) is 4.22. The van der Waals surface area contributed by atoms with Gasteiger partial charge < -0.3 is 4.74 Å². The highest BCUT2D eigenvalue weighted by molar-refractivity contribution is 9.10. The Hall–Kier alpha value is -1.08. The van der Waals surface area contributed by atoms with E-state index in [1.807, 2.05) is 13.8 Å². The summed E-state index contributed by atoms with van der Waals surface area (Å²) >= 11 is 3.25. The van der Waals surface area contributed by atoms with Crippen LogP contribution in [-0.2, 0) is 14.8 Å². The number of nitrogens with zero attached hydrogens (tertiary/aromatic N) is 1. The molecule has 0 bridgehead atoms. The number of carbonyl (C=O) groups excluding carboxylic acids is 1. The summed E-state index contributed by atoms with van der Waals surface area (Å²) in [6.07, 6.45) is 0.271. The van der Waals surface area contributed by atoms with E-state index in [1.54, 1.807) is 12.1 Å². The standard InChI is InChI=1S/C14H18BrNO4S/c1-9(2)10-6-14(17)16(8-10)21(18,19)13-7-11(15)4-5-12(13)20-3/h4-5,7,9-10H,6,8H2,1-3H3. The summed E-state index contributed by atoms with van der Waals surface area (Å²) < 4.78 is 32.2. The van der Waals surface area contributed by atoms with Crippen LogP contribution < -0.4 is 4.74 Å². The smallest absolute Gasteiger partial charge is 0.270 e. The Morgan fingerprint density at radius 1 is 1.38 bits per heavy atom. The molecule has 1 saturated heterocycles. The van der Waals surface area contributed by atoms with E-state index in [0.717, 1.165) is 4.31 Å². The second-order valence-corrected chi connectivity index (χ2v) is 8.18. The van der Waals surface area contributed by atoms with Crippen molar-refractivity contribution in [1.82, 2.24) is 4.31 Å². The van der Waals surface area contributed by atoms with Crippen LogP contribution in [0.1, 0.15) is 20.3 Å². The lowest BCUT2D eigenvalue weighted by Crippen LogP contribution is -2.33. The van der Waals surface area contributed by atoms with Gasteiger partial charge in [0, 0.05) is 17.4 Å². The number of hydrogen-bond acceptors (Lipinski definition) is 4. The molecule has 5 nitrogen and oxygen atoms in total. The Bertz CT molecular complexity index is 657. The molecule has 21 heavy (non-hydrogen) atoms. The monoisotopic (exact) mass is 375 g/mol. The van der Waals surface area contributed by atoms with Gasteiger partial charge in [-0.05, 0) is 30.0 Å². The Morgan fingerprint density at radius 2 is 2.05 bits per heavy atom. The maximum atomic E-state index is 12.7. The van der Waals surface area contributed by atoms with Crippen LogP contribution in [0.4, 0.5) is 0 Å². The van der Waals surface area contributed by atoms with Crippen LogP contribution in [0.25, 0.3) is 0 Å². The van der Waals surface area contributed by atoms with E-state index in [1.165, 1.54) is 13.2 Å². The number of rotatable bonds is 4. The number of carbonyl (C=O) groups is 1. The van der Waals surface area contributed by atoms with Gasteiger partial charge in [0.15, 0.2) is 0 Å². The highest BCUT2D eigenvalue weighted by Crippen LogP contribution is 2.34. The van der Waals surface area contributed by atoms with E-state index in [2.05, 4.69) is 15.9 Å². The van der Waals surface area contributed by atoms with Crippen molar-refractivity contribution in [2.24, 2.45) is 11.8 Å². The molecule has 116 valence electrons. The largest absolute Gasteiger partial charge is 0.495 e. The van der Waals surface area contributed by atoms with E-state index < -0.39 is 10.0 Å². The summed E-state index contributed by atoms with van der Waals surface area (Å²) in [5.41, 5.74) is 0. The van der Waals surface area contributed by atoms with Crippen molar-refractivity contribution in [3.8, 4) is 5.75 Å². The summed E-state index contributed by atoms with van der Waals surface area (Å²) in [7, 11) is -2.48. The van der Waals surface area contributed by atoms with Crippen molar-refractivity contribution in [3.05, 3.63) is 22.7 Å². The van der Waals surface area contributed by atoms with Crippen molar-refractivity contribution in [2.75, 3.05) is 13.7 Å². The molecule has 1 atom stereocenters. The fraction of sp³-hybridized carbons (Fsp3) is 0.500. The summed E-state index contributed by atoms with van der Waals surface area (Å²) in [6, 6.07) is 4.72. The number of methoxy groups -OCH3 is 1. The number of benzene rings is 1. The predicted molar refractivity (Wildman–Crippen MR) is 82.5 cm³/mol. The van der Waals surface area contributed by atoms with Gasteiger partial charge in [-0.1, -0.05) is 29.8 Å². The highest BCUT2D eigenvalue weighted by Gasteiger charge is 2.40. The molecule has 0 spiro atoms. The lowest BCUT2D eigenvalue weighted by atomic mass is 9.95. The first-order valence-electron chi connectivity index (χ1n) is 6.66. The first kappa shape index (κ1) is 16.3. The van der Waals surface area contributed by atoms with Crippen LogP contribution >= 0.6 is 15.9 Å². The fourth-order valence-corrected chi connectivity index (χ4v) is 4.52. The minimum atomic E-state index is -3.89. The van der Waals surface area contributed by atoms with Crippen LogP contribution in [0.5, 0.6) is 5.75 Å². The number of ether oxygens (including phenoxy) is 1. The minimum Gasteiger partial charge on any atom is -0.495 e. The number of halogens is 1. The molecule has 0 radical (unpaired) electrons. The Morgan fingerprint density at radius 3 is 2.57 bits per heavy atom. The van der Waals surface area contributed by atoms with Crippen LogP contribution in [0.3, 0.4) is 0 Å². The van der Waals surface area contributed by atoms with E-state index in [4.69, 9.17) is 4.74 Å². The summed E-state index contributed by atoms with van der Waals surface area (Å²) in [5.74, 6) is 0.207. The molecule has 7 heteroatoms. The van der Waals surface area contributed by atoms with E-state index in [0.29, 0.717) is 4.47 Å². The molecule has 1 heterocycles. The zero-order valence-corrected chi connectivity index (χ0v) is 14.6. The number of amides is 1. The normalized spacial score (nSPS) is 19.4. The van der Waals surface area contributed by atoms with Gasteiger partial charge in [-0.3, -0.25) is 4.79 Å². The quantitative estimate of drug-likeness (QED) is 0.811. The van der Waals surface area contributed by atoms with Crippen LogP contribution in [0.2, 0.25) is 0 Å². The van der Waals surface area contributed by atoms with Crippen molar-refractivity contribution in [1.29, 1.82) is 0 Å². The maximum absolute atomic E-state index is 12.7. The molecule has 1 aromatic carbocycles. The second-order valence-electron chi connectivity index (χ2n) is 5.43. The Balaban J connectivity index is 2.44. The van der Waals surface area contributed by atoms with Crippen LogP contribution in [0, 0.1) is 11.8 Å². The molecule has 0 saturated carbocycles. The molecular weight excluding hydrogens is 358 g/mol. The molecule has 0 aliphatic carbocycles. The average molecular weight is 376 g/mol. The molecule has 0 N–H and O–H groups in total. The van der Waals surface area contributed by atoms with E-state index >= 15 is 0 Å². The Kier molecular flexibility index (Phi) is 4.63. The summed E-state index contributed by atoms with van der Waals surface area (Å²) in [5, 5.41) is 0. The molecule has 2 rings (SSSR count). The van der Waals surface area contributed by atoms with Gasteiger partial charge in [-0.2, -0.15) is 0 Å². The van der Waals surface area contributed by atoms with Crippen molar-refractivity contribution < 1.29 is 17.9 Å². The predicted octanol–water partition coefficient (Wildman–Crippen LogP) is 2.65. The molecule has 1 aliphatic heterocycles. The molecular formula is C14H18BrNO4S. The SMILES string of the molecule is COc1ccc(Br)cc1S(=O)(=O)N1CC(C(C)C)CC1=O. The van der Waals surface area contributed by atoms with Crippen LogP contribution in [0.15, 0.2) is 27.6 Å². The van der Waals surface area contributed by atoms with Gasteiger partial charge in [-0.15, -0.1) is 0 Å². The zero-order valence-electron chi connectivity index (χ0n) is 12.2. The second kappa shape index (κ2) is 5.96. The van der Waals surface area contributed by atoms with E-state index in [9.17, 15) is 13.2 Å². The molecule has 1 aromatic rings. The lowest BCUT2D eigenvalue weighted by molar-refractivity contribution is -0.123. The van der Waals surface area contributed by atoms with Gasteiger partial charge in [0.2, 0.25) is 5.91 Å². The van der Waals surface area contributed by atoms with E-state index in [-0.39, 0.29) is 41.4 Å². The van der Waals surface area contributed by atoms with Gasteiger partial charge >= 0.3 is 0 Å². The number of hydrogen-bond donors (Lipinski definition) is 0. The third kappa shape index (κ3) is 3.08. The summed E-state index contributed by atoms with van der Waals surface area (Å²) in [4.78, 5) is 12.1. The molecule has 1 fully saturated rings. The highest BCUT2D eigenvalue weighted by atomic mass is 79.9. The third-order valence-corrected chi connectivity index (χ3v) is 6.05. The molecule has 0 aromatic heterocycles. The fourth-order valence-electron chi connectivity index (χ4n) is 2.36. The van der Waals surface area contributed by atoms with Crippen molar-refractivity contribution >= 4 is 31.9 Å². The van der Waals surface area contributed by atoms with Gasteiger partial charge in [-0.25, -0.2) is 12.7 Å². The van der Waals surface area contributed by atoms with Crippen LogP contribution in [-0.4, -0.2) is 32.3 Å². The zero-order chi connectivity index (χ0) is 15.8. The van der Waals surface area contributed by atoms with Gasteiger partial charge in [0.25, 0.3) is 10.0 Å². The molecule has 1 amide bonds. The minimum absolute atomic E-state index is 0.0112. The average Bonchev–Trinajstić information content (AvgIpc) is 2.81. The Labute approximate surface area is 133 Å². The van der Waals surface area contributed by atoms with Crippen molar-refractivity contribution in [2.45, 2.75) is 25.2 Å². The number of sulfonamides is 1. The van der Waals surface area contributed by atoms with Crippen molar-refractivity contribution in [3.63, 3.8) is 0 Å². The van der Waals surface area contributed by atoms with Gasteiger partial charge in [0.05, 0.1) is 7.11 Å². The maximum Gasteiger partial charge on any atom is 0.270 e. The topological polar surface area (TPSA) is 63.7 Å². The van der Waals surface area contributed by atoms with Gasteiger partial charge in [0.1, 0.15) is 10.6 Å². The third-order valence-electron chi connectivity index (χ3n) is 3.75. The molecule has 1 unspecified atom stereocenters. The first-order chi connectivity index (χ1) is 9.77. The first-order valence-corrected chi connectivity index (χ1v) is 8.89. The molecule has 1 aliphatic rings.